The summed E-state index contributed by atoms with van der Waals surface area (Å²) in [4.78, 5) is 29.0. The molecule has 2 heterocycles. The van der Waals surface area contributed by atoms with Gasteiger partial charge in [0.25, 0.3) is 5.91 Å². The first-order chi connectivity index (χ1) is 17.6. The number of amides is 1. The van der Waals surface area contributed by atoms with Gasteiger partial charge in [-0.3, -0.25) is 14.5 Å². The van der Waals surface area contributed by atoms with Crippen LogP contribution in [0.4, 0.5) is 5.69 Å². The molecule has 1 aliphatic heterocycles. The Kier molecular flexibility index (Phi) is 6.38. The van der Waals surface area contributed by atoms with E-state index in [2.05, 4.69) is 6.92 Å². The molecule has 0 saturated carbocycles. The number of hydrogen-bond donors (Lipinski definition) is 0. The molecule has 0 N–H and O–H groups in total. The van der Waals surface area contributed by atoms with E-state index in [1.54, 1.807) is 67.7 Å². The first-order valence-corrected chi connectivity index (χ1v) is 11.9. The van der Waals surface area contributed by atoms with Crippen molar-refractivity contribution in [3.63, 3.8) is 0 Å². The fraction of sp³-hybridized carbons (Fsp3) is 0.241. The zero-order valence-corrected chi connectivity index (χ0v) is 20.4. The third-order valence-electron chi connectivity index (χ3n) is 6.39. The van der Waals surface area contributed by atoms with Crippen molar-refractivity contribution in [2.45, 2.75) is 25.8 Å². The number of carbonyl (C=O) groups is 1. The fourth-order valence-electron chi connectivity index (χ4n) is 4.54. The van der Waals surface area contributed by atoms with Gasteiger partial charge >= 0.3 is 0 Å². The van der Waals surface area contributed by atoms with Crippen molar-refractivity contribution in [3.05, 3.63) is 93.8 Å². The molecule has 1 atom stereocenters. The van der Waals surface area contributed by atoms with Gasteiger partial charge in [0.15, 0.2) is 16.9 Å². The van der Waals surface area contributed by atoms with Gasteiger partial charge in [0.05, 0.1) is 37.8 Å². The van der Waals surface area contributed by atoms with Gasteiger partial charge in [0.2, 0.25) is 5.76 Å². The van der Waals surface area contributed by atoms with E-state index < -0.39 is 6.04 Å². The van der Waals surface area contributed by atoms with E-state index in [0.29, 0.717) is 51.6 Å². The molecule has 5 rings (SSSR count). The van der Waals surface area contributed by atoms with Crippen molar-refractivity contribution in [2.75, 3.05) is 25.7 Å². The molecule has 7 nitrogen and oxygen atoms in total. The molecule has 184 valence electrons. The number of nitrogens with zero attached hydrogens (tertiary/aromatic N) is 1. The van der Waals surface area contributed by atoms with Crippen LogP contribution < -0.4 is 24.5 Å². The van der Waals surface area contributed by atoms with Crippen molar-refractivity contribution >= 4 is 22.6 Å². The van der Waals surface area contributed by atoms with Crippen LogP contribution in [-0.2, 0) is 0 Å². The molecule has 0 spiro atoms. The summed E-state index contributed by atoms with van der Waals surface area (Å²) in [5.74, 6) is 1.46. The number of unbranched alkanes of at least 4 members (excludes halogenated alkanes) is 1. The SMILES string of the molecule is CCCCOc1ccc(C2c3c(oc4ccccc4c3=O)C(=O)N2c2ccc(OC)cc2)cc1OC. The molecule has 0 fully saturated rings. The maximum Gasteiger partial charge on any atom is 0.295 e. The van der Waals surface area contributed by atoms with Crippen molar-refractivity contribution in [1.29, 1.82) is 0 Å². The Hall–Kier alpha value is -4.26. The van der Waals surface area contributed by atoms with Gasteiger partial charge in [-0.05, 0) is 60.5 Å². The number of para-hydroxylation sites is 1. The highest BCUT2D eigenvalue weighted by atomic mass is 16.5. The number of hydrogen-bond acceptors (Lipinski definition) is 6. The Morgan fingerprint density at radius 1 is 0.917 bits per heavy atom. The Bertz CT molecular complexity index is 1470. The molecule has 0 bridgehead atoms. The van der Waals surface area contributed by atoms with Gasteiger partial charge in [0, 0.05) is 5.69 Å². The van der Waals surface area contributed by atoms with Crippen molar-refractivity contribution < 1.29 is 23.4 Å². The van der Waals surface area contributed by atoms with Gasteiger partial charge < -0.3 is 18.6 Å². The van der Waals surface area contributed by atoms with Crippen molar-refractivity contribution in [3.8, 4) is 17.2 Å². The molecule has 1 aromatic heterocycles. The number of carbonyl (C=O) groups excluding carboxylic acids is 1. The highest BCUT2D eigenvalue weighted by Gasteiger charge is 2.44. The van der Waals surface area contributed by atoms with Crippen LogP contribution in [0.1, 0.15) is 47.5 Å². The first kappa shape index (κ1) is 23.5. The Balaban J connectivity index is 1.69. The lowest BCUT2D eigenvalue weighted by molar-refractivity contribution is 0.0971. The molecule has 0 saturated heterocycles. The second-order valence-corrected chi connectivity index (χ2v) is 8.56. The van der Waals surface area contributed by atoms with Crippen LogP contribution in [0.2, 0.25) is 0 Å². The number of benzene rings is 3. The van der Waals surface area contributed by atoms with Crippen LogP contribution in [-0.4, -0.2) is 26.7 Å². The number of ether oxygens (including phenoxy) is 3. The molecular weight excluding hydrogens is 458 g/mol. The quantitative estimate of drug-likeness (QED) is 0.296. The summed E-state index contributed by atoms with van der Waals surface area (Å²) in [6, 6.07) is 18.9. The molecule has 36 heavy (non-hydrogen) atoms. The summed E-state index contributed by atoms with van der Waals surface area (Å²) >= 11 is 0. The van der Waals surface area contributed by atoms with Crippen LogP contribution in [0.15, 0.2) is 75.9 Å². The summed E-state index contributed by atoms with van der Waals surface area (Å²) in [5.41, 5.74) is 1.77. The molecule has 3 aromatic carbocycles. The second-order valence-electron chi connectivity index (χ2n) is 8.56. The highest BCUT2D eigenvalue weighted by Crippen LogP contribution is 2.43. The summed E-state index contributed by atoms with van der Waals surface area (Å²) in [6.07, 6.45) is 1.94. The number of methoxy groups -OCH3 is 2. The lowest BCUT2D eigenvalue weighted by Crippen LogP contribution is -2.29. The van der Waals surface area contributed by atoms with E-state index in [1.807, 2.05) is 18.2 Å². The minimum Gasteiger partial charge on any atom is -0.497 e. The minimum absolute atomic E-state index is 0.0433. The van der Waals surface area contributed by atoms with Crippen LogP contribution >= 0.6 is 0 Å². The molecule has 1 aliphatic rings. The predicted molar refractivity (Wildman–Crippen MR) is 138 cm³/mol. The largest absolute Gasteiger partial charge is 0.497 e. The number of rotatable bonds is 8. The standard InChI is InChI=1S/C29H27NO6/c1-4-5-16-35-23-15-10-18(17-24(23)34-3)26-25-27(31)21-8-6-7-9-22(21)36-28(25)29(32)30(26)19-11-13-20(33-2)14-12-19/h6-15,17,26H,4-5,16H2,1-3H3. The van der Waals surface area contributed by atoms with Crippen LogP contribution in [0.3, 0.4) is 0 Å². The highest BCUT2D eigenvalue weighted by molar-refractivity contribution is 6.10. The lowest BCUT2D eigenvalue weighted by Gasteiger charge is -2.26. The van der Waals surface area contributed by atoms with E-state index in [-0.39, 0.29) is 17.1 Å². The Morgan fingerprint density at radius 3 is 2.42 bits per heavy atom. The predicted octanol–water partition coefficient (Wildman–Crippen LogP) is 5.74. The molecule has 0 radical (unpaired) electrons. The normalized spacial score (nSPS) is 14.7. The monoisotopic (exact) mass is 485 g/mol. The third kappa shape index (κ3) is 3.96. The van der Waals surface area contributed by atoms with Gasteiger partial charge in [-0.2, -0.15) is 0 Å². The third-order valence-corrected chi connectivity index (χ3v) is 6.39. The average Bonchev–Trinajstić information content (AvgIpc) is 3.21. The summed E-state index contributed by atoms with van der Waals surface area (Å²) in [6.45, 7) is 2.67. The van der Waals surface area contributed by atoms with Crippen molar-refractivity contribution in [2.24, 2.45) is 0 Å². The van der Waals surface area contributed by atoms with E-state index in [4.69, 9.17) is 18.6 Å². The van der Waals surface area contributed by atoms with Gasteiger partial charge in [0.1, 0.15) is 11.3 Å². The Morgan fingerprint density at radius 2 is 1.69 bits per heavy atom. The zero-order chi connectivity index (χ0) is 25.2. The summed E-state index contributed by atoms with van der Waals surface area (Å²) < 4.78 is 22.8. The van der Waals surface area contributed by atoms with E-state index in [1.165, 1.54) is 0 Å². The maximum absolute atomic E-state index is 13.7. The molecule has 1 amide bonds. The molecule has 7 heteroatoms. The molecule has 0 aliphatic carbocycles. The van der Waals surface area contributed by atoms with E-state index in [9.17, 15) is 9.59 Å². The topological polar surface area (TPSA) is 78.2 Å². The van der Waals surface area contributed by atoms with Crippen LogP contribution in [0.5, 0.6) is 17.2 Å². The smallest absolute Gasteiger partial charge is 0.295 e. The zero-order valence-electron chi connectivity index (χ0n) is 20.4. The van der Waals surface area contributed by atoms with Gasteiger partial charge in [-0.15, -0.1) is 0 Å². The first-order valence-electron chi connectivity index (χ1n) is 11.9. The van der Waals surface area contributed by atoms with Crippen LogP contribution in [0, 0.1) is 0 Å². The molecular formula is C29H27NO6. The Labute approximate surface area is 208 Å². The van der Waals surface area contributed by atoms with Gasteiger partial charge in [-0.1, -0.05) is 31.5 Å². The summed E-state index contributed by atoms with van der Waals surface area (Å²) in [7, 11) is 3.15. The number of anilines is 1. The number of fused-ring (bicyclic) bond motifs is 2. The maximum atomic E-state index is 13.7. The van der Waals surface area contributed by atoms with E-state index in [0.717, 1.165) is 12.8 Å². The lowest BCUT2D eigenvalue weighted by atomic mass is 9.97. The average molecular weight is 486 g/mol. The van der Waals surface area contributed by atoms with Gasteiger partial charge in [-0.25, -0.2) is 0 Å². The minimum atomic E-state index is -0.708. The summed E-state index contributed by atoms with van der Waals surface area (Å²) in [5, 5.41) is 0.428. The van der Waals surface area contributed by atoms with E-state index >= 15 is 0 Å². The molecule has 4 aromatic rings. The van der Waals surface area contributed by atoms with Crippen molar-refractivity contribution in [1.82, 2.24) is 0 Å². The van der Waals surface area contributed by atoms with Crippen LogP contribution in [0.25, 0.3) is 11.0 Å². The fourth-order valence-corrected chi connectivity index (χ4v) is 4.54. The second kappa shape index (κ2) is 9.77. The molecule has 1 unspecified atom stereocenters.